The lowest BCUT2D eigenvalue weighted by Gasteiger charge is -2.51. The summed E-state index contributed by atoms with van der Waals surface area (Å²) in [5.41, 5.74) is 3.13. The van der Waals surface area contributed by atoms with Crippen LogP contribution in [0.1, 0.15) is 153 Å². The Morgan fingerprint density at radius 3 is 0.955 bits per heavy atom. The number of aryl methyl sites for hydroxylation is 4. The topological polar surface area (TPSA) is 170 Å². The summed E-state index contributed by atoms with van der Waals surface area (Å²) >= 11 is 0. The zero-order valence-corrected chi connectivity index (χ0v) is 41.5. The van der Waals surface area contributed by atoms with Crippen LogP contribution in [0.5, 0.6) is 46.0 Å². The van der Waals surface area contributed by atoms with Gasteiger partial charge in [0.1, 0.15) is 46.0 Å². The monoisotopic (exact) mass is 908 g/mol. The number of phenols is 2. The van der Waals surface area contributed by atoms with Crippen LogP contribution in [-0.4, -0.2) is 55.1 Å². The average Bonchev–Trinajstić information content (AvgIpc) is 3.13. The van der Waals surface area contributed by atoms with E-state index in [1.165, 1.54) is 0 Å². The van der Waals surface area contributed by atoms with E-state index in [1.54, 1.807) is 39.8 Å². The van der Waals surface area contributed by atoms with E-state index in [-0.39, 0.29) is 33.2 Å². The van der Waals surface area contributed by atoms with Crippen molar-refractivity contribution in [1.82, 2.24) is 0 Å². The van der Waals surface area contributed by atoms with Crippen LogP contribution in [0.2, 0.25) is 0 Å². The molecule has 12 nitrogen and oxygen atoms in total. The molecular weight excluding hydrogens is 841 g/mol. The fraction of sp³-hybridized carbons (Fsp3) is 0.519. The molecular formula is C54H68O12. The Labute approximate surface area is 389 Å². The van der Waals surface area contributed by atoms with Crippen LogP contribution < -0.4 is 28.4 Å². The standard InChI is InChI=1S/2C27H34O6/c2*1-15-9-21-17(11-19(15)28)24(3,4)13-27(32-21)14-25(5,6)18-12-20(16(2)10-22(18)33-27)31-26(7,8)23(29)30/h2*9-12,28H,13-14H2,1-8H3,(H,29,30)/t2*27-/m00/s1. The number of carbonyl (C=O) groups is 2. The number of rotatable bonds is 6. The summed E-state index contributed by atoms with van der Waals surface area (Å²) in [7, 11) is 0. The second-order valence-corrected chi connectivity index (χ2v) is 22.8. The van der Waals surface area contributed by atoms with Gasteiger partial charge in [-0.3, -0.25) is 0 Å². The van der Waals surface area contributed by atoms with Crippen LogP contribution in [-0.2, 0) is 31.2 Å². The number of hydrogen-bond acceptors (Lipinski definition) is 10. The van der Waals surface area contributed by atoms with Gasteiger partial charge in [-0.05, 0) is 126 Å². The van der Waals surface area contributed by atoms with E-state index in [0.717, 1.165) is 67.5 Å². The van der Waals surface area contributed by atoms with Crippen molar-refractivity contribution in [3.05, 3.63) is 93.0 Å². The smallest absolute Gasteiger partial charge is 0.347 e. The highest BCUT2D eigenvalue weighted by atomic mass is 16.7. The highest BCUT2D eigenvalue weighted by Crippen LogP contribution is 2.57. The molecule has 2 atom stereocenters. The van der Waals surface area contributed by atoms with Gasteiger partial charge in [-0.1, -0.05) is 55.4 Å². The molecule has 356 valence electrons. The summed E-state index contributed by atoms with van der Waals surface area (Å²) < 4.78 is 38.1. The maximum atomic E-state index is 11.6. The summed E-state index contributed by atoms with van der Waals surface area (Å²) in [6, 6.07) is 15.0. The maximum Gasteiger partial charge on any atom is 0.347 e. The first-order valence-electron chi connectivity index (χ1n) is 22.7. The molecule has 4 aliphatic heterocycles. The van der Waals surface area contributed by atoms with Gasteiger partial charge < -0.3 is 48.8 Å². The molecule has 0 aromatic heterocycles. The van der Waals surface area contributed by atoms with Crippen LogP contribution in [0.4, 0.5) is 0 Å². The zero-order chi connectivity index (χ0) is 49.1. The molecule has 4 aromatic rings. The third-order valence-electron chi connectivity index (χ3n) is 13.9. The SMILES string of the molecule is Cc1cc2c(cc1O)C(C)(C)C[C@]1(CC(C)(C)c3cc(OC(C)(C)C(=O)O)c(C)cc3O1)O2.Cc1cc2c(cc1O)C(C)(C)C[C@]1(CC(C)(C)c3cc(OC(C)(C)C(=O)O)c(C)cc3O1)O2. The molecule has 0 saturated heterocycles. The van der Waals surface area contributed by atoms with Gasteiger partial charge in [0.15, 0.2) is 11.2 Å². The molecule has 0 aliphatic carbocycles. The highest BCUT2D eigenvalue weighted by Gasteiger charge is 2.55. The van der Waals surface area contributed by atoms with Crippen molar-refractivity contribution in [3.63, 3.8) is 0 Å². The Balaban J connectivity index is 0.000000196. The molecule has 4 aromatic carbocycles. The second-order valence-electron chi connectivity index (χ2n) is 22.8. The zero-order valence-electron chi connectivity index (χ0n) is 41.5. The molecule has 0 bridgehead atoms. The van der Waals surface area contributed by atoms with Crippen molar-refractivity contribution in [1.29, 1.82) is 0 Å². The van der Waals surface area contributed by atoms with E-state index in [4.69, 9.17) is 28.4 Å². The van der Waals surface area contributed by atoms with Crippen molar-refractivity contribution in [3.8, 4) is 46.0 Å². The predicted octanol–water partition coefficient (Wildman–Crippen LogP) is 11.5. The van der Waals surface area contributed by atoms with Gasteiger partial charge in [-0.15, -0.1) is 0 Å². The summed E-state index contributed by atoms with van der Waals surface area (Å²) in [6.07, 6.45) is 2.48. The van der Waals surface area contributed by atoms with Crippen molar-refractivity contribution >= 4 is 11.9 Å². The van der Waals surface area contributed by atoms with Gasteiger partial charge >= 0.3 is 11.9 Å². The molecule has 12 heteroatoms. The molecule has 0 amide bonds. The maximum absolute atomic E-state index is 11.6. The van der Waals surface area contributed by atoms with Gasteiger partial charge in [-0.2, -0.15) is 0 Å². The predicted molar refractivity (Wildman–Crippen MR) is 251 cm³/mol. The summed E-state index contributed by atoms with van der Waals surface area (Å²) in [4.78, 5) is 23.2. The molecule has 66 heavy (non-hydrogen) atoms. The van der Waals surface area contributed by atoms with Crippen LogP contribution in [0.3, 0.4) is 0 Å². The fourth-order valence-corrected chi connectivity index (χ4v) is 10.3. The Morgan fingerprint density at radius 2 is 0.697 bits per heavy atom. The van der Waals surface area contributed by atoms with E-state index < -0.39 is 34.7 Å². The quantitative estimate of drug-likeness (QED) is 0.145. The van der Waals surface area contributed by atoms with Gasteiger partial charge in [0.25, 0.3) is 11.6 Å². The molecule has 2 spiro atoms. The van der Waals surface area contributed by atoms with Crippen LogP contribution >= 0.6 is 0 Å². The molecule has 0 saturated carbocycles. The van der Waals surface area contributed by atoms with Crippen molar-refractivity contribution < 1.29 is 58.4 Å². The number of hydrogen-bond donors (Lipinski definition) is 4. The molecule has 4 aliphatic rings. The number of carboxylic acids is 2. The molecule has 4 heterocycles. The minimum Gasteiger partial charge on any atom is -0.508 e. The third kappa shape index (κ3) is 8.68. The van der Waals surface area contributed by atoms with E-state index in [0.29, 0.717) is 37.2 Å². The Hall–Kier alpha value is -5.78. The fourth-order valence-electron chi connectivity index (χ4n) is 10.3. The first-order valence-corrected chi connectivity index (χ1v) is 22.7. The minimum absolute atomic E-state index is 0.268. The van der Waals surface area contributed by atoms with Crippen LogP contribution in [0, 0.1) is 27.7 Å². The van der Waals surface area contributed by atoms with E-state index in [9.17, 15) is 30.0 Å². The number of aromatic hydroxyl groups is 2. The largest absolute Gasteiger partial charge is 0.508 e. The molecule has 0 fully saturated rings. The first-order chi connectivity index (χ1) is 30.1. The van der Waals surface area contributed by atoms with Crippen molar-refractivity contribution in [2.75, 3.05) is 0 Å². The van der Waals surface area contributed by atoms with E-state index in [1.807, 2.05) is 64.1 Å². The average molecular weight is 909 g/mol. The van der Waals surface area contributed by atoms with Gasteiger partial charge in [0, 0.05) is 69.6 Å². The highest BCUT2D eigenvalue weighted by molar-refractivity contribution is 5.77. The van der Waals surface area contributed by atoms with Crippen molar-refractivity contribution in [2.24, 2.45) is 0 Å². The molecule has 8 rings (SSSR count). The third-order valence-corrected chi connectivity index (χ3v) is 13.9. The Morgan fingerprint density at radius 1 is 0.455 bits per heavy atom. The van der Waals surface area contributed by atoms with Crippen LogP contribution in [0.15, 0.2) is 48.5 Å². The lowest BCUT2D eigenvalue weighted by Crippen LogP contribution is -2.55. The number of phenolic OH excluding ortho intramolecular Hbond substituents is 2. The summed E-state index contributed by atoms with van der Waals surface area (Å²) in [6.45, 7) is 30.8. The lowest BCUT2D eigenvalue weighted by atomic mass is 9.69. The number of fused-ring (bicyclic) bond motifs is 4. The molecule has 0 unspecified atom stereocenters. The Kier molecular flexibility index (Phi) is 11.2. The Bertz CT molecular complexity index is 2470. The molecule has 0 radical (unpaired) electrons. The lowest BCUT2D eigenvalue weighted by molar-refractivity contribution is -0.167. The summed E-state index contributed by atoms with van der Waals surface area (Å²) in [5.74, 6) is 0.772. The number of ether oxygens (including phenoxy) is 6. The van der Waals surface area contributed by atoms with Gasteiger partial charge in [-0.25, -0.2) is 9.59 Å². The normalized spacial score (nSPS) is 22.5. The second kappa shape index (κ2) is 15.4. The van der Waals surface area contributed by atoms with Gasteiger partial charge in [0.2, 0.25) is 0 Å². The summed E-state index contributed by atoms with van der Waals surface area (Å²) in [5, 5.41) is 39.5. The first kappa shape index (κ1) is 48.2. The number of aliphatic carboxylic acids is 2. The molecule has 4 N–H and O–H groups in total. The van der Waals surface area contributed by atoms with E-state index >= 15 is 0 Å². The van der Waals surface area contributed by atoms with Crippen LogP contribution in [0.25, 0.3) is 0 Å². The number of carboxylic acid groups (broad SMARTS) is 2. The van der Waals surface area contributed by atoms with Gasteiger partial charge in [0.05, 0.1) is 0 Å². The van der Waals surface area contributed by atoms with E-state index in [2.05, 4.69) is 55.4 Å². The minimum atomic E-state index is -1.34. The number of benzene rings is 4. The van der Waals surface area contributed by atoms with Crippen molar-refractivity contribution in [2.45, 2.75) is 181 Å².